The SMILES string of the molecule is O=C(c1cccc(Br)c1)N1N=C2CCCCC[C@@H]2[C@@]1(O)C(F)(F)F. The number of aliphatic hydroxyl groups is 1. The molecule has 0 aromatic heterocycles. The van der Waals surface area contributed by atoms with Gasteiger partial charge in [-0.25, -0.2) is 0 Å². The number of carbonyl (C=O) groups is 1. The van der Waals surface area contributed by atoms with Gasteiger partial charge in [0.2, 0.25) is 0 Å². The van der Waals surface area contributed by atoms with Crippen LogP contribution in [0, 0.1) is 5.92 Å². The molecular weight excluding hydrogens is 389 g/mol. The number of alkyl halides is 3. The van der Waals surface area contributed by atoms with E-state index in [1.165, 1.54) is 12.1 Å². The molecule has 1 fully saturated rings. The summed E-state index contributed by atoms with van der Waals surface area (Å²) in [5, 5.41) is 14.7. The summed E-state index contributed by atoms with van der Waals surface area (Å²) < 4.78 is 41.7. The lowest BCUT2D eigenvalue weighted by Crippen LogP contribution is -2.61. The second-order valence-corrected chi connectivity index (χ2v) is 7.01. The Morgan fingerprint density at radius 1 is 1.33 bits per heavy atom. The lowest BCUT2D eigenvalue weighted by atomic mass is 9.87. The zero-order valence-electron chi connectivity index (χ0n) is 12.7. The Hall–Kier alpha value is -1.41. The number of hydrogen-bond donors (Lipinski definition) is 1. The van der Waals surface area contributed by atoms with Crippen molar-refractivity contribution in [2.24, 2.45) is 11.0 Å². The zero-order chi connectivity index (χ0) is 17.5. The van der Waals surface area contributed by atoms with Crippen molar-refractivity contribution in [1.82, 2.24) is 5.01 Å². The van der Waals surface area contributed by atoms with Crippen molar-refractivity contribution < 1.29 is 23.1 Å². The van der Waals surface area contributed by atoms with E-state index in [9.17, 15) is 23.1 Å². The molecule has 1 amide bonds. The van der Waals surface area contributed by atoms with Crippen LogP contribution in [0.4, 0.5) is 13.2 Å². The number of halogens is 4. The molecule has 2 atom stereocenters. The molecule has 1 N–H and O–H groups in total. The first-order valence-electron chi connectivity index (χ1n) is 7.71. The van der Waals surface area contributed by atoms with Crippen molar-refractivity contribution in [3.63, 3.8) is 0 Å². The Kier molecular flexibility index (Phi) is 4.46. The summed E-state index contributed by atoms with van der Waals surface area (Å²) in [6.07, 6.45) is -2.39. The van der Waals surface area contributed by atoms with E-state index < -0.39 is 23.7 Å². The Morgan fingerprint density at radius 2 is 2.08 bits per heavy atom. The first-order chi connectivity index (χ1) is 11.2. The van der Waals surface area contributed by atoms with Crippen molar-refractivity contribution in [2.45, 2.75) is 44.0 Å². The molecule has 1 aromatic rings. The number of amides is 1. The molecule has 0 bridgehead atoms. The molecule has 4 nitrogen and oxygen atoms in total. The molecule has 0 unspecified atom stereocenters. The first-order valence-corrected chi connectivity index (χ1v) is 8.51. The fraction of sp³-hybridized carbons (Fsp3) is 0.500. The van der Waals surface area contributed by atoms with Crippen LogP contribution >= 0.6 is 15.9 Å². The van der Waals surface area contributed by atoms with Crippen molar-refractivity contribution in [3.05, 3.63) is 34.3 Å². The summed E-state index contributed by atoms with van der Waals surface area (Å²) in [6, 6.07) is 6.02. The summed E-state index contributed by atoms with van der Waals surface area (Å²) >= 11 is 3.19. The highest BCUT2D eigenvalue weighted by Crippen LogP contribution is 2.48. The highest BCUT2D eigenvalue weighted by atomic mass is 79.9. The normalized spacial score (nSPS) is 27.5. The molecular formula is C16H16BrF3N2O2. The van der Waals surface area contributed by atoms with Crippen LogP contribution in [-0.2, 0) is 0 Å². The van der Waals surface area contributed by atoms with Crippen LogP contribution in [-0.4, -0.2) is 33.6 Å². The number of hydrazone groups is 1. The van der Waals surface area contributed by atoms with E-state index in [1.54, 1.807) is 12.1 Å². The minimum Gasteiger partial charge on any atom is -0.362 e. The van der Waals surface area contributed by atoms with Gasteiger partial charge in [-0.1, -0.05) is 34.8 Å². The van der Waals surface area contributed by atoms with E-state index in [-0.39, 0.29) is 22.7 Å². The largest absolute Gasteiger partial charge is 0.439 e. The third-order valence-corrected chi connectivity index (χ3v) is 5.04. The van der Waals surface area contributed by atoms with Gasteiger partial charge in [0.15, 0.2) is 0 Å². The minimum atomic E-state index is -4.99. The van der Waals surface area contributed by atoms with Gasteiger partial charge in [0, 0.05) is 15.7 Å². The first kappa shape index (κ1) is 17.4. The summed E-state index contributed by atoms with van der Waals surface area (Å²) in [4.78, 5) is 12.6. The Bertz CT molecular complexity index is 692. The quantitative estimate of drug-likeness (QED) is 0.765. The van der Waals surface area contributed by atoms with E-state index in [0.29, 0.717) is 23.7 Å². The topological polar surface area (TPSA) is 52.9 Å². The Morgan fingerprint density at radius 3 is 2.75 bits per heavy atom. The lowest BCUT2D eigenvalue weighted by Gasteiger charge is -2.37. The van der Waals surface area contributed by atoms with Gasteiger partial charge < -0.3 is 5.11 Å². The average Bonchev–Trinajstić information content (AvgIpc) is 2.68. The molecule has 1 heterocycles. The number of carbonyl (C=O) groups excluding carboxylic acids is 1. The molecule has 1 aliphatic carbocycles. The van der Waals surface area contributed by atoms with Crippen LogP contribution in [0.5, 0.6) is 0 Å². The molecule has 0 saturated heterocycles. The standard InChI is InChI=1S/C16H16BrF3N2O2/c17-11-6-4-5-10(9-11)14(23)22-15(24,16(18,19)20)12-7-2-1-3-8-13(12)21-22/h4-6,9,12,24H,1-3,7-8H2/t12-,15+/m0/s1. The summed E-state index contributed by atoms with van der Waals surface area (Å²) in [6.45, 7) is 0. The number of nitrogens with zero attached hydrogens (tertiary/aromatic N) is 2. The smallest absolute Gasteiger partial charge is 0.362 e. The summed E-state index contributed by atoms with van der Waals surface area (Å²) in [7, 11) is 0. The van der Waals surface area contributed by atoms with Crippen molar-refractivity contribution in [1.29, 1.82) is 0 Å². The number of fused-ring (bicyclic) bond motifs is 1. The fourth-order valence-corrected chi connectivity index (χ4v) is 3.74. The maximum atomic E-state index is 13.7. The third kappa shape index (κ3) is 2.75. The highest BCUT2D eigenvalue weighted by molar-refractivity contribution is 9.10. The average molecular weight is 405 g/mol. The predicted molar refractivity (Wildman–Crippen MR) is 85.3 cm³/mol. The van der Waals surface area contributed by atoms with E-state index in [1.807, 2.05) is 0 Å². The van der Waals surface area contributed by atoms with E-state index in [0.717, 1.165) is 6.42 Å². The molecule has 0 radical (unpaired) electrons. The molecule has 8 heteroatoms. The van der Waals surface area contributed by atoms with E-state index in [4.69, 9.17) is 0 Å². The number of benzene rings is 1. The monoisotopic (exact) mass is 404 g/mol. The maximum absolute atomic E-state index is 13.7. The van der Waals surface area contributed by atoms with Gasteiger partial charge in [-0.05, 0) is 37.5 Å². The van der Waals surface area contributed by atoms with Crippen molar-refractivity contribution in [3.8, 4) is 0 Å². The van der Waals surface area contributed by atoms with Gasteiger partial charge in [0.1, 0.15) is 0 Å². The molecule has 1 aromatic carbocycles. The third-order valence-electron chi connectivity index (χ3n) is 4.55. The molecule has 2 aliphatic rings. The molecule has 130 valence electrons. The van der Waals surface area contributed by atoms with Crippen LogP contribution < -0.4 is 0 Å². The van der Waals surface area contributed by atoms with E-state index in [2.05, 4.69) is 21.0 Å². The van der Waals surface area contributed by atoms with Gasteiger partial charge in [0.05, 0.1) is 5.92 Å². The molecule has 24 heavy (non-hydrogen) atoms. The van der Waals surface area contributed by atoms with Gasteiger partial charge in [0.25, 0.3) is 11.6 Å². The van der Waals surface area contributed by atoms with Crippen molar-refractivity contribution >= 4 is 27.5 Å². The zero-order valence-corrected chi connectivity index (χ0v) is 14.3. The van der Waals surface area contributed by atoms with Crippen LogP contribution in [0.2, 0.25) is 0 Å². The predicted octanol–water partition coefficient (Wildman–Crippen LogP) is 4.09. The summed E-state index contributed by atoms with van der Waals surface area (Å²) in [5.74, 6) is -2.16. The number of hydrogen-bond acceptors (Lipinski definition) is 3. The van der Waals surface area contributed by atoms with Crippen LogP contribution in [0.25, 0.3) is 0 Å². The van der Waals surface area contributed by atoms with Crippen LogP contribution in [0.15, 0.2) is 33.8 Å². The van der Waals surface area contributed by atoms with Gasteiger partial charge in [-0.3, -0.25) is 4.79 Å². The molecule has 0 spiro atoms. The fourth-order valence-electron chi connectivity index (χ4n) is 3.34. The number of rotatable bonds is 1. The second-order valence-electron chi connectivity index (χ2n) is 6.09. The molecule has 3 rings (SSSR count). The van der Waals surface area contributed by atoms with Crippen molar-refractivity contribution in [2.75, 3.05) is 0 Å². The highest BCUT2D eigenvalue weighted by Gasteiger charge is 2.68. The van der Waals surface area contributed by atoms with E-state index >= 15 is 0 Å². The van der Waals surface area contributed by atoms with Crippen LogP contribution in [0.3, 0.4) is 0 Å². The van der Waals surface area contributed by atoms with Gasteiger partial charge in [-0.15, -0.1) is 0 Å². The summed E-state index contributed by atoms with van der Waals surface area (Å²) in [5.41, 5.74) is -2.99. The van der Waals surface area contributed by atoms with Gasteiger partial charge >= 0.3 is 6.18 Å². The van der Waals surface area contributed by atoms with Crippen LogP contribution in [0.1, 0.15) is 42.5 Å². The minimum absolute atomic E-state index is 0.0351. The molecule has 1 aliphatic heterocycles. The molecule has 1 saturated carbocycles. The second kappa shape index (κ2) is 6.15. The Labute approximate surface area is 145 Å². The maximum Gasteiger partial charge on any atom is 0.439 e. The van der Waals surface area contributed by atoms with Gasteiger partial charge in [-0.2, -0.15) is 23.3 Å². The lowest BCUT2D eigenvalue weighted by molar-refractivity contribution is -0.312. The Balaban J connectivity index is 2.05.